The molecule has 3 amide bonds. The van der Waals surface area contributed by atoms with Gasteiger partial charge in [-0.25, -0.2) is 4.99 Å². The van der Waals surface area contributed by atoms with Crippen molar-refractivity contribution in [1.82, 2.24) is 5.32 Å². The Morgan fingerprint density at radius 2 is 1.56 bits per heavy atom. The fourth-order valence-corrected chi connectivity index (χ4v) is 7.29. The van der Waals surface area contributed by atoms with E-state index < -0.39 is 23.9 Å². The van der Waals surface area contributed by atoms with Crippen molar-refractivity contribution >= 4 is 29.1 Å². The molecule has 1 aliphatic heterocycles. The van der Waals surface area contributed by atoms with Crippen LogP contribution >= 0.6 is 0 Å². The number of ether oxygens (including phenoxy) is 1. The average molecular weight is 671 g/mol. The zero-order valence-electron chi connectivity index (χ0n) is 28.7. The number of hydrogen-bond donors (Lipinski definition) is 2. The van der Waals surface area contributed by atoms with Crippen LogP contribution in [0.3, 0.4) is 0 Å². The standard InChI is InChI=1S/C42H46N4O4/c1-2-3-23-34(39(43)47)36(27-29-15-10-11-16-29)41(48)45-40-42(49)46(28-30-17-14-22-33(26-30)50-32-20-8-5-9-21-32)37-25-13-12-24-35(37)38(44-40)31-18-6-4-7-19-31/h4-9,12-14,17-22,24-26,29,34,36,40H,2-3,10-11,15-16,23,27-28H2,1H3,(H2,43,47)(H,45,48)/t34-,36+,40?/m0/s1. The highest BCUT2D eigenvalue weighted by Crippen LogP contribution is 2.35. The third-order valence-electron chi connectivity index (χ3n) is 9.87. The number of primary amides is 1. The molecule has 50 heavy (non-hydrogen) atoms. The molecule has 1 saturated carbocycles. The monoisotopic (exact) mass is 670 g/mol. The van der Waals surface area contributed by atoms with Gasteiger partial charge in [0.15, 0.2) is 0 Å². The van der Waals surface area contributed by atoms with Gasteiger partial charge in [-0.15, -0.1) is 0 Å². The van der Waals surface area contributed by atoms with Crippen LogP contribution in [-0.2, 0) is 20.9 Å². The van der Waals surface area contributed by atoms with Gasteiger partial charge >= 0.3 is 0 Å². The molecule has 3 N–H and O–H groups in total. The molecule has 258 valence electrons. The zero-order chi connectivity index (χ0) is 34.9. The molecule has 4 aromatic carbocycles. The van der Waals surface area contributed by atoms with E-state index in [4.69, 9.17) is 15.5 Å². The van der Waals surface area contributed by atoms with Crippen LogP contribution in [0.5, 0.6) is 11.5 Å². The van der Waals surface area contributed by atoms with Crippen LogP contribution in [0.2, 0.25) is 0 Å². The second-order valence-electron chi connectivity index (χ2n) is 13.4. The van der Waals surface area contributed by atoms with Crippen molar-refractivity contribution in [3.05, 3.63) is 126 Å². The van der Waals surface area contributed by atoms with Crippen LogP contribution in [0.25, 0.3) is 0 Å². The lowest BCUT2D eigenvalue weighted by molar-refractivity contribution is -0.136. The number of hydrogen-bond acceptors (Lipinski definition) is 5. The number of fused-ring (bicyclic) bond motifs is 1. The maximum absolute atomic E-state index is 14.7. The van der Waals surface area contributed by atoms with Crippen molar-refractivity contribution in [3.8, 4) is 11.5 Å². The van der Waals surface area contributed by atoms with Gasteiger partial charge in [-0.3, -0.25) is 14.4 Å². The third-order valence-corrected chi connectivity index (χ3v) is 9.87. The van der Waals surface area contributed by atoms with Crippen LogP contribution in [0.1, 0.15) is 75.0 Å². The lowest BCUT2D eigenvalue weighted by Gasteiger charge is -2.29. The first-order chi connectivity index (χ1) is 24.4. The second kappa shape index (κ2) is 16.4. The van der Waals surface area contributed by atoms with Crippen LogP contribution in [0.4, 0.5) is 5.69 Å². The van der Waals surface area contributed by atoms with E-state index in [1.165, 1.54) is 0 Å². The molecule has 1 unspecified atom stereocenters. The number of benzodiazepines with no additional fused rings is 1. The number of carbonyl (C=O) groups is 3. The number of rotatable bonds is 14. The maximum atomic E-state index is 14.7. The quantitative estimate of drug-likeness (QED) is 0.143. The van der Waals surface area contributed by atoms with E-state index in [1.54, 1.807) is 4.90 Å². The molecule has 8 nitrogen and oxygen atoms in total. The molecule has 4 aromatic rings. The van der Waals surface area contributed by atoms with Crippen LogP contribution in [0, 0.1) is 17.8 Å². The minimum absolute atomic E-state index is 0.220. The van der Waals surface area contributed by atoms with E-state index in [1.807, 2.05) is 109 Å². The number of nitrogens with two attached hydrogens (primary N) is 1. The van der Waals surface area contributed by atoms with E-state index in [2.05, 4.69) is 12.2 Å². The molecular weight excluding hydrogens is 624 g/mol. The van der Waals surface area contributed by atoms with Gasteiger partial charge < -0.3 is 20.7 Å². The van der Waals surface area contributed by atoms with Crippen molar-refractivity contribution in [1.29, 1.82) is 0 Å². The van der Waals surface area contributed by atoms with Crippen molar-refractivity contribution in [2.45, 2.75) is 71.0 Å². The van der Waals surface area contributed by atoms with E-state index in [9.17, 15) is 14.4 Å². The van der Waals surface area contributed by atoms with E-state index in [-0.39, 0.29) is 18.4 Å². The first-order valence-corrected chi connectivity index (χ1v) is 17.9. The molecule has 8 heteroatoms. The Morgan fingerprint density at radius 3 is 2.28 bits per heavy atom. The van der Waals surface area contributed by atoms with Gasteiger partial charge in [-0.2, -0.15) is 0 Å². The Kier molecular flexibility index (Phi) is 11.4. The Labute approximate surface area is 294 Å². The number of anilines is 1. The van der Waals surface area contributed by atoms with E-state index in [0.29, 0.717) is 41.7 Å². The molecule has 2 aliphatic rings. The highest BCUT2D eigenvalue weighted by atomic mass is 16.5. The van der Waals surface area contributed by atoms with Gasteiger partial charge in [-0.05, 0) is 54.7 Å². The summed E-state index contributed by atoms with van der Waals surface area (Å²) in [5.41, 5.74) is 9.71. The molecule has 0 spiro atoms. The van der Waals surface area contributed by atoms with Crippen LogP contribution < -0.4 is 20.7 Å². The molecule has 0 aromatic heterocycles. The lowest BCUT2D eigenvalue weighted by Crippen LogP contribution is -2.50. The molecule has 0 saturated heterocycles. The average Bonchev–Trinajstić information content (AvgIpc) is 3.62. The Morgan fingerprint density at radius 1 is 0.880 bits per heavy atom. The molecule has 1 fully saturated rings. The summed E-state index contributed by atoms with van der Waals surface area (Å²) in [7, 11) is 0. The third kappa shape index (κ3) is 8.30. The Balaban J connectivity index is 1.37. The predicted molar refractivity (Wildman–Crippen MR) is 197 cm³/mol. The fraction of sp³-hybridized carbons (Fsp3) is 0.333. The van der Waals surface area contributed by atoms with E-state index >= 15 is 0 Å². The smallest absolute Gasteiger partial charge is 0.272 e. The minimum atomic E-state index is -1.22. The number of unbranched alkanes of at least 4 members (excludes halogenated alkanes) is 1. The number of amides is 3. The van der Waals surface area contributed by atoms with E-state index in [0.717, 1.165) is 55.2 Å². The fourth-order valence-electron chi connectivity index (χ4n) is 7.29. The largest absolute Gasteiger partial charge is 0.457 e. The van der Waals surface area contributed by atoms with Crippen LogP contribution in [0.15, 0.2) is 114 Å². The molecule has 1 heterocycles. The highest BCUT2D eigenvalue weighted by molar-refractivity contribution is 6.20. The zero-order valence-corrected chi connectivity index (χ0v) is 28.7. The summed E-state index contributed by atoms with van der Waals surface area (Å²) in [5, 5.41) is 3.04. The second-order valence-corrected chi connectivity index (χ2v) is 13.4. The molecule has 0 radical (unpaired) electrons. The minimum Gasteiger partial charge on any atom is -0.457 e. The van der Waals surface area contributed by atoms with Gasteiger partial charge in [0.25, 0.3) is 5.91 Å². The van der Waals surface area contributed by atoms with Gasteiger partial charge in [0.2, 0.25) is 18.0 Å². The summed E-state index contributed by atoms with van der Waals surface area (Å²) in [6.07, 6.45) is 5.84. The topological polar surface area (TPSA) is 114 Å². The summed E-state index contributed by atoms with van der Waals surface area (Å²) in [6.45, 7) is 2.28. The van der Waals surface area contributed by atoms with Crippen molar-refractivity contribution in [2.24, 2.45) is 28.5 Å². The van der Waals surface area contributed by atoms with Gasteiger partial charge in [0, 0.05) is 23.0 Å². The molecule has 3 atom stereocenters. The SMILES string of the molecule is CCCC[C@H](C(N)=O)[C@@H](CC1CCCC1)C(=O)NC1N=C(c2ccccc2)c2ccccc2N(Cc2cccc(Oc3ccccc3)c2)C1=O. The number of benzene rings is 4. The Bertz CT molecular complexity index is 1800. The summed E-state index contributed by atoms with van der Waals surface area (Å²) >= 11 is 0. The number of aliphatic imine (C=N–C) groups is 1. The van der Waals surface area contributed by atoms with Crippen molar-refractivity contribution < 1.29 is 19.1 Å². The maximum Gasteiger partial charge on any atom is 0.272 e. The lowest BCUT2D eigenvalue weighted by atomic mass is 9.80. The summed E-state index contributed by atoms with van der Waals surface area (Å²) in [4.78, 5) is 48.7. The number of para-hydroxylation sites is 2. The number of carbonyl (C=O) groups excluding carboxylic acids is 3. The van der Waals surface area contributed by atoms with Gasteiger partial charge in [0.05, 0.1) is 17.9 Å². The van der Waals surface area contributed by atoms with Crippen LogP contribution in [-0.4, -0.2) is 29.6 Å². The Hall–Kier alpha value is -5.24. The van der Waals surface area contributed by atoms with Crippen molar-refractivity contribution in [2.75, 3.05) is 4.90 Å². The van der Waals surface area contributed by atoms with Crippen molar-refractivity contribution in [3.63, 3.8) is 0 Å². The number of nitrogens with one attached hydrogen (secondary N) is 1. The number of nitrogens with zero attached hydrogens (tertiary/aromatic N) is 2. The normalized spacial score (nSPS) is 17.3. The molecule has 6 rings (SSSR count). The van der Waals surface area contributed by atoms with Gasteiger partial charge in [-0.1, -0.05) is 124 Å². The summed E-state index contributed by atoms with van der Waals surface area (Å²) in [5.74, 6) is -0.742. The summed E-state index contributed by atoms with van der Waals surface area (Å²) in [6, 6.07) is 34.6. The first kappa shape index (κ1) is 34.6. The summed E-state index contributed by atoms with van der Waals surface area (Å²) < 4.78 is 6.11. The molecule has 0 bridgehead atoms. The molecule has 1 aliphatic carbocycles. The van der Waals surface area contributed by atoms with Gasteiger partial charge in [0.1, 0.15) is 11.5 Å². The highest BCUT2D eigenvalue weighted by Gasteiger charge is 2.39. The molecular formula is C42H46N4O4. The first-order valence-electron chi connectivity index (χ1n) is 17.9. The predicted octanol–water partition coefficient (Wildman–Crippen LogP) is 7.79.